The average molecular weight is 741 g/mol. The predicted octanol–water partition coefficient (Wildman–Crippen LogP) is 12.0. The molecule has 2 rings (SSSR count). The standard InChI is InChI=1S/C45H72O6S/c1-14-15-16-17-18-19-20-21-23-52-24-22-32(31-27-35(43(8,9)10)38(47)36(28-31)44(11,12)13)45(39(48)49,40(50)51)29-30-25-33(41(2,3)4)37(46)34(26-30)42(5,6)7/h25-28,32,46-47H,14-24,29H2,1-13H3,(H,48,49)(H,50,51). The maximum atomic E-state index is 13.8. The number of carboxylic acids is 2. The first kappa shape index (κ1) is 45.5. The van der Waals surface area contributed by atoms with Crippen LogP contribution in [0.15, 0.2) is 24.3 Å². The Balaban J connectivity index is 2.77. The summed E-state index contributed by atoms with van der Waals surface area (Å²) in [7, 11) is 0. The Morgan fingerprint density at radius 1 is 0.577 bits per heavy atom. The number of hydrogen-bond acceptors (Lipinski definition) is 5. The van der Waals surface area contributed by atoms with E-state index in [0.29, 0.717) is 45.6 Å². The average Bonchev–Trinajstić information content (AvgIpc) is 2.99. The van der Waals surface area contributed by atoms with Crippen molar-refractivity contribution in [2.75, 3.05) is 11.5 Å². The van der Waals surface area contributed by atoms with Gasteiger partial charge >= 0.3 is 11.9 Å². The van der Waals surface area contributed by atoms with Gasteiger partial charge in [0, 0.05) is 5.92 Å². The zero-order valence-electron chi connectivity index (χ0n) is 34.9. The molecular weight excluding hydrogens is 669 g/mol. The Morgan fingerprint density at radius 2 is 0.942 bits per heavy atom. The summed E-state index contributed by atoms with van der Waals surface area (Å²) < 4.78 is 0. The molecule has 0 saturated carbocycles. The van der Waals surface area contributed by atoms with Crippen molar-refractivity contribution in [3.63, 3.8) is 0 Å². The maximum absolute atomic E-state index is 13.8. The first-order valence-electron chi connectivity index (χ1n) is 19.6. The van der Waals surface area contributed by atoms with Gasteiger partial charge in [-0.1, -0.05) is 159 Å². The molecule has 0 aliphatic rings. The molecular formula is C45H72O6S. The highest BCUT2D eigenvalue weighted by Gasteiger charge is 2.54. The van der Waals surface area contributed by atoms with Gasteiger partial charge in [0.15, 0.2) is 5.41 Å². The fourth-order valence-electron chi connectivity index (χ4n) is 7.27. The van der Waals surface area contributed by atoms with Gasteiger partial charge in [-0.2, -0.15) is 11.8 Å². The summed E-state index contributed by atoms with van der Waals surface area (Å²) in [5, 5.41) is 45.4. The lowest BCUT2D eigenvalue weighted by atomic mass is 9.65. The maximum Gasteiger partial charge on any atom is 0.322 e. The van der Waals surface area contributed by atoms with Gasteiger partial charge < -0.3 is 20.4 Å². The molecule has 6 nitrogen and oxygen atoms in total. The topological polar surface area (TPSA) is 115 Å². The van der Waals surface area contributed by atoms with Crippen LogP contribution in [0.5, 0.6) is 11.5 Å². The number of aliphatic carboxylic acids is 2. The van der Waals surface area contributed by atoms with E-state index in [1.54, 1.807) is 23.9 Å². The van der Waals surface area contributed by atoms with Crippen molar-refractivity contribution in [2.45, 2.75) is 182 Å². The number of hydrogen-bond donors (Lipinski definition) is 4. The van der Waals surface area contributed by atoms with Crippen LogP contribution >= 0.6 is 11.8 Å². The number of aromatic hydroxyl groups is 2. The summed E-state index contributed by atoms with van der Waals surface area (Å²) in [5.41, 5.74) is -0.272. The lowest BCUT2D eigenvalue weighted by Gasteiger charge is -2.37. The molecule has 0 amide bonds. The van der Waals surface area contributed by atoms with Crippen LogP contribution in [0.4, 0.5) is 0 Å². The third-order valence-electron chi connectivity index (χ3n) is 10.5. The van der Waals surface area contributed by atoms with E-state index in [-0.39, 0.29) is 17.9 Å². The summed E-state index contributed by atoms with van der Waals surface area (Å²) in [6, 6.07) is 7.32. The molecule has 0 aliphatic carbocycles. The fraction of sp³-hybridized carbons (Fsp3) is 0.689. The van der Waals surface area contributed by atoms with Crippen molar-refractivity contribution in [1.82, 2.24) is 0 Å². The minimum atomic E-state index is -2.22. The smallest absolute Gasteiger partial charge is 0.322 e. The number of thioether (sulfide) groups is 1. The number of phenolic OH excluding ortho intramolecular Hbond substituents is 2. The van der Waals surface area contributed by atoms with Crippen LogP contribution in [-0.2, 0) is 37.7 Å². The van der Waals surface area contributed by atoms with Crippen LogP contribution in [0.1, 0.15) is 187 Å². The van der Waals surface area contributed by atoms with Gasteiger partial charge in [0.25, 0.3) is 0 Å². The second-order valence-electron chi connectivity index (χ2n) is 19.2. The molecule has 294 valence electrons. The molecule has 0 spiro atoms. The monoisotopic (exact) mass is 741 g/mol. The zero-order valence-corrected chi connectivity index (χ0v) is 35.7. The highest BCUT2D eigenvalue weighted by molar-refractivity contribution is 7.99. The Bertz CT molecular complexity index is 1410. The van der Waals surface area contributed by atoms with Crippen LogP contribution in [-0.4, -0.2) is 43.9 Å². The minimum Gasteiger partial charge on any atom is -0.507 e. The van der Waals surface area contributed by atoms with Gasteiger partial charge in [-0.05, 0) is 85.8 Å². The quantitative estimate of drug-likeness (QED) is 0.0888. The molecule has 0 radical (unpaired) electrons. The van der Waals surface area contributed by atoms with Gasteiger partial charge in [0.05, 0.1) is 0 Å². The third kappa shape index (κ3) is 11.7. The molecule has 1 atom stereocenters. The van der Waals surface area contributed by atoms with Gasteiger partial charge in [0.2, 0.25) is 0 Å². The molecule has 7 heteroatoms. The van der Waals surface area contributed by atoms with Crippen LogP contribution in [0.2, 0.25) is 0 Å². The Labute approximate surface area is 320 Å². The van der Waals surface area contributed by atoms with Crippen LogP contribution in [0.3, 0.4) is 0 Å². The highest BCUT2D eigenvalue weighted by Crippen LogP contribution is 2.49. The SMILES string of the molecule is CCCCCCCCCCSCCC(c1cc(C(C)(C)C)c(O)c(C(C)(C)C)c1)C(Cc1cc(C(C)(C)C)c(O)c(C(C)(C)C)c1)(C(=O)O)C(=O)O. The van der Waals surface area contributed by atoms with E-state index in [2.05, 4.69) is 6.92 Å². The zero-order chi connectivity index (χ0) is 39.9. The van der Waals surface area contributed by atoms with E-state index < -0.39 is 44.9 Å². The van der Waals surface area contributed by atoms with Crippen molar-refractivity contribution in [2.24, 2.45) is 5.41 Å². The van der Waals surface area contributed by atoms with Crippen LogP contribution in [0, 0.1) is 5.41 Å². The summed E-state index contributed by atoms with van der Waals surface area (Å²) in [4.78, 5) is 27.5. The lowest BCUT2D eigenvalue weighted by Crippen LogP contribution is -2.47. The number of unbranched alkanes of at least 4 members (excludes halogenated alkanes) is 7. The summed E-state index contributed by atoms with van der Waals surface area (Å²) >= 11 is 1.76. The molecule has 0 aliphatic heterocycles. The molecule has 0 heterocycles. The second-order valence-corrected chi connectivity index (χ2v) is 20.4. The van der Waals surface area contributed by atoms with E-state index in [1.807, 2.05) is 95.2 Å². The summed E-state index contributed by atoms with van der Waals surface area (Å²) in [5.74, 6) is -1.79. The molecule has 0 fully saturated rings. The molecule has 0 saturated heterocycles. The molecule has 2 aromatic carbocycles. The van der Waals surface area contributed by atoms with Gasteiger partial charge in [0.1, 0.15) is 11.5 Å². The Morgan fingerprint density at radius 3 is 1.31 bits per heavy atom. The van der Waals surface area contributed by atoms with E-state index in [9.17, 15) is 30.0 Å². The molecule has 4 N–H and O–H groups in total. The molecule has 2 aromatic rings. The summed E-state index contributed by atoms with van der Waals surface area (Å²) in [6.07, 6.45) is 9.91. The fourth-order valence-corrected chi connectivity index (χ4v) is 8.28. The van der Waals surface area contributed by atoms with Crippen molar-refractivity contribution >= 4 is 23.7 Å². The number of carboxylic acid groups (broad SMARTS) is 2. The number of benzene rings is 2. The highest BCUT2D eigenvalue weighted by atomic mass is 32.2. The number of rotatable bonds is 18. The normalized spacial score (nSPS) is 13.7. The van der Waals surface area contributed by atoms with Gasteiger partial charge in [-0.3, -0.25) is 9.59 Å². The van der Waals surface area contributed by atoms with Crippen molar-refractivity contribution in [3.05, 3.63) is 57.6 Å². The molecule has 1 unspecified atom stereocenters. The number of phenols is 2. The van der Waals surface area contributed by atoms with Crippen molar-refractivity contribution < 1.29 is 30.0 Å². The van der Waals surface area contributed by atoms with E-state index in [0.717, 1.165) is 18.6 Å². The second kappa shape index (κ2) is 18.1. The van der Waals surface area contributed by atoms with Gasteiger partial charge in [-0.15, -0.1) is 0 Å². The minimum absolute atomic E-state index is 0.164. The molecule has 0 bridgehead atoms. The molecule has 52 heavy (non-hydrogen) atoms. The molecule has 0 aromatic heterocycles. The first-order valence-corrected chi connectivity index (χ1v) is 20.7. The number of carbonyl (C=O) groups is 2. The predicted molar refractivity (Wildman–Crippen MR) is 220 cm³/mol. The lowest BCUT2D eigenvalue weighted by molar-refractivity contribution is -0.166. The van der Waals surface area contributed by atoms with Gasteiger partial charge in [-0.25, -0.2) is 0 Å². The van der Waals surface area contributed by atoms with Crippen LogP contribution < -0.4 is 0 Å². The third-order valence-corrected chi connectivity index (χ3v) is 11.6. The van der Waals surface area contributed by atoms with Crippen molar-refractivity contribution in [3.8, 4) is 11.5 Å². The van der Waals surface area contributed by atoms with E-state index >= 15 is 0 Å². The van der Waals surface area contributed by atoms with Crippen LogP contribution in [0.25, 0.3) is 0 Å². The van der Waals surface area contributed by atoms with E-state index in [1.165, 1.54) is 38.5 Å². The largest absolute Gasteiger partial charge is 0.507 e. The van der Waals surface area contributed by atoms with E-state index in [4.69, 9.17) is 0 Å². The Kier molecular flexibility index (Phi) is 15.8. The Hall–Kier alpha value is -2.67. The summed E-state index contributed by atoms with van der Waals surface area (Å²) in [6.45, 7) is 26.2. The first-order chi connectivity index (χ1) is 23.8. The van der Waals surface area contributed by atoms with Crippen molar-refractivity contribution in [1.29, 1.82) is 0 Å².